The number of nitrogens with one attached hydrogen (secondary N) is 1. The molecule has 0 aliphatic heterocycles. The van der Waals surface area contributed by atoms with Gasteiger partial charge in [-0.25, -0.2) is 9.97 Å². The molecule has 1 N–H and O–H groups in total. The molecule has 3 nitrogen and oxygen atoms in total. The lowest BCUT2D eigenvalue weighted by Crippen LogP contribution is -2.26. The van der Waals surface area contributed by atoms with Crippen LogP contribution in [0.25, 0.3) is 0 Å². The van der Waals surface area contributed by atoms with Crippen molar-refractivity contribution in [2.45, 2.75) is 32.7 Å². The summed E-state index contributed by atoms with van der Waals surface area (Å²) in [4.78, 5) is 8.94. The molecule has 1 aromatic carbocycles. The topological polar surface area (TPSA) is 37.8 Å². The number of hydrogen-bond acceptors (Lipinski definition) is 3. The van der Waals surface area contributed by atoms with Gasteiger partial charge in [-0.05, 0) is 72.2 Å². The summed E-state index contributed by atoms with van der Waals surface area (Å²) in [5.74, 6) is 0.877. The van der Waals surface area contributed by atoms with E-state index in [2.05, 4.69) is 69.1 Å². The summed E-state index contributed by atoms with van der Waals surface area (Å²) in [6.07, 6.45) is 5.79. The first-order valence-electron chi connectivity index (χ1n) is 6.95. The molecule has 106 valence electrons. The van der Waals surface area contributed by atoms with Crippen molar-refractivity contribution in [3.63, 3.8) is 0 Å². The molecule has 0 bridgehead atoms. The molecule has 0 aliphatic carbocycles. The Labute approximate surface area is 134 Å². The van der Waals surface area contributed by atoms with Crippen molar-refractivity contribution >= 4 is 22.6 Å². The van der Waals surface area contributed by atoms with Crippen LogP contribution in [0.2, 0.25) is 0 Å². The van der Waals surface area contributed by atoms with Gasteiger partial charge in [-0.3, -0.25) is 0 Å². The molecular formula is C16H20IN3. The second-order valence-corrected chi connectivity index (χ2v) is 6.20. The van der Waals surface area contributed by atoms with Gasteiger partial charge in [0, 0.05) is 16.0 Å². The van der Waals surface area contributed by atoms with Crippen molar-refractivity contribution in [2.24, 2.45) is 0 Å². The first-order chi connectivity index (χ1) is 9.69. The average molecular weight is 381 g/mol. The fraction of sp³-hybridized carbons (Fsp3) is 0.375. The van der Waals surface area contributed by atoms with Crippen LogP contribution in [0.15, 0.2) is 36.7 Å². The summed E-state index contributed by atoms with van der Waals surface area (Å²) in [6, 6.07) is 8.81. The summed E-state index contributed by atoms with van der Waals surface area (Å²) in [5.41, 5.74) is 2.40. The van der Waals surface area contributed by atoms with Crippen LogP contribution in [0.4, 0.5) is 0 Å². The summed E-state index contributed by atoms with van der Waals surface area (Å²) in [5, 5.41) is 3.54. The van der Waals surface area contributed by atoms with E-state index < -0.39 is 0 Å². The van der Waals surface area contributed by atoms with Gasteiger partial charge in [0.25, 0.3) is 0 Å². The minimum absolute atomic E-state index is 0.176. The largest absolute Gasteiger partial charge is 0.307 e. The Morgan fingerprint density at radius 3 is 2.40 bits per heavy atom. The molecule has 1 unspecified atom stereocenters. The summed E-state index contributed by atoms with van der Waals surface area (Å²) in [7, 11) is 0. The Balaban J connectivity index is 2.14. The van der Waals surface area contributed by atoms with Crippen LogP contribution in [0, 0.1) is 10.5 Å². The fourth-order valence-corrected chi connectivity index (χ4v) is 2.37. The van der Waals surface area contributed by atoms with E-state index in [9.17, 15) is 0 Å². The highest BCUT2D eigenvalue weighted by atomic mass is 127. The van der Waals surface area contributed by atoms with Gasteiger partial charge >= 0.3 is 0 Å². The van der Waals surface area contributed by atoms with Gasteiger partial charge in [0.15, 0.2) is 0 Å². The van der Waals surface area contributed by atoms with Gasteiger partial charge in [-0.2, -0.15) is 0 Å². The Hall–Kier alpha value is -1.01. The zero-order valence-electron chi connectivity index (χ0n) is 11.9. The summed E-state index contributed by atoms with van der Waals surface area (Å²) >= 11 is 2.33. The van der Waals surface area contributed by atoms with Crippen molar-refractivity contribution in [1.29, 1.82) is 0 Å². The average Bonchev–Trinajstić information content (AvgIpc) is 2.46. The predicted octanol–water partition coefficient (Wildman–Crippen LogP) is 3.67. The zero-order valence-corrected chi connectivity index (χ0v) is 14.1. The zero-order chi connectivity index (χ0) is 14.4. The molecule has 4 heteroatoms. The molecule has 0 spiro atoms. The van der Waals surface area contributed by atoms with E-state index in [1.807, 2.05) is 19.3 Å². The Morgan fingerprint density at radius 1 is 1.15 bits per heavy atom. The first kappa shape index (κ1) is 15.4. The van der Waals surface area contributed by atoms with E-state index in [4.69, 9.17) is 0 Å². The number of halogens is 1. The standard InChI is InChI=1S/C16H20IN3/c1-3-8-18-15(16-19-10-12(2)11-20-16)9-13-4-6-14(17)7-5-13/h4-7,10-11,15,18H,3,8-9H2,1-2H3. The van der Waals surface area contributed by atoms with Gasteiger partial charge < -0.3 is 5.32 Å². The highest BCUT2D eigenvalue weighted by Crippen LogP contribution is 2.16. The van der Waals surface area contributed by atoms with Crippen LogP contribution < -0.4 is 5.32 Å². The third-order valence-electron chi connectivity index (χ3n) is 3.11. The Bertz CT molecular complexity index is 522. The molecular weight excluding hydrogens is 361 g/mol. The molecule has 0 fully saturated rings. The van der Waals surface area contributed by atoms with Crippen molar-refractivity contribution in [3.8, 4) is 0 Å². The van der Waals surface area contributed by atoms with Gasteiger partial charge in [0.2, 0.25) is 0 Å². The number of aromatic nitrogens is 2. The molecule has 2 aromatic rings. The third kappa shape index (κ3) is 4.52. The number of rotatable bonds is 6. The maximum atomic E-state index is 4.47. The molecule has 20 heavy (non-hydrogen) atoms. The third-order valence-corrected chi connectivity index (χ3v) is 3.83. The van der Waals surface area contributed by atoms with Crippen molar-refractivity contribution in [2.75, 3.05) is 6.54 Å². The minimum Gasteiger partial charge on any atom is -0.307 e. The van der Waals surface area contributed by atoms with Crippen LogP contribution in [-0.4, -0.2) is 16.5 Å². The van der Waals surface area contributed by atoms with E-state index in [-0.39, 0.29) is 6.04 Å². The van der Waals surface area contributed by atoms with Gasteiger partial charge in [-0.1, -0.05) is 19.1 Å². The number of nitrogens with zero attached hydrogens (tertiary/aromatic N) is 2. The highest BCUT2D eigenvalue weighted by Gasteiger charge is 2.14. The van der Waals surface area contributed by atoms with Crippen LogP contribution >= 0.6 is 22.6 Å². The number of hydrogen-bond donors (Lipinski definition) is 1. The number of benzene rings is 1. The lowest BCUT2D eigenvalue weighted by Gasteiger charge is -2.17. The normalized spacial score (nSPS) is 12.3. The predicted molar refractivity (Wildman–Crippen MR) is 90.7 cm³/mol. The van der Waals surface area contributed by atoms with E-state index in [1.165, 1.54) is 9.13 Å². The van der Waals surface area contributed by atoms with Crippen LogP contribution in [-0.2, 0) is 6.42 Å². The van der Waals surface area contributed by atoms with E-state index in [0.29, 0.717) is 0 Å². The molecule has 1 aromatic heterocycles. The van der Waals surface area contributed by atoms with Crippen LogP contribution in [0.5, 0.6) is 0 Å². The van der Waals surface area contributed by atoms with Crippen LogP contribution in [0.3, 0.4) is 0 Å². The van der Waals surface area contributed by atoms with E-state index >= 15 is 0 Å². The smallest absolute Gasteiger partial charge is 0.145 e. The monoisotopic (exact) mass is 381 g/mol. The van der Waals surface area contributed by atoms with Crippen LogP contribution in [0.1, 0.15) is 36.3 Å². The Kier molecular flexibility index (Phi) is 5.91. The first-order valence-corrected chi connectivity index (χ1v) is 8.03. The van der Waals surface area contributed by atoms with E-state index in [0.717, 1.165) is 30.8 Å². The molecule has 0 saturated carbocycles. The highest BCUT2D eigenvalue weighted by molar-refractivity contribution is 14.1. The van der Waals surface area contributed by atoms with E-state index in [1.54, 1.807) is 0 Å². The van der Waals surface area contributed by atoms with Crippen molar-refractivity contribution in [1.82, 2.24) is 15.3 Å². The van der Waals surface area contributed by atoms with Crippen molar-refractivity contribution < 1.29 is 0 Å². The lowest BCUT2D eigenvalue weighted by atomic mass is 10.1. The number of aryl methyl sites for hydroxylation is 1. The molecule has 2 rings (SSSR count). The van der Waals surface area contributed by atoms with Gasteiger partial charge in [-0.15, -0.1) is 0 Å². The summed E-state index contributed by atoms with van der Waals surface area (Å²) in [6.45, 7) is 5.16. The molecule has 0 aliphatic rings. The summed E-state index contributed by atoms with van der Waals surface area (Å²) < 4.78 is 1.26. The lowest BCUT2D eigenvalue weighted by molar-refractivity contribution is 0.504. The molecule has 0 saturated heterocycles. The van der Waals surface area contributed by atoms with Gasteiger partial charge in [0.1, 0.15) is 5.82 Å². The van der Waals surface area contributed by atoms with Gasteiger partial charge in [0.05, 0.1) is 6.04 Å². The second kappa shape index (κ2) is 7.69. The second-order valence-electron chi connectivity index (χ2n) is 4.96. The Morgan fingerprint density at radius 2 is 1.80 bits per heavy atom. The molecule has 0 amide bonds. The maximum absolute atomic E-state index is 4.47. The molecule has 0 radical (unpaired) electrons. The van der Waals surface area contributed by atoms with Crippen molar-refractivity contribution in [3.05, 3.63) is 57.2 Å². The molecule has 1 heterocycles. The minimum atomic E-state index is 0.176. The fourth-order valence-electron chi connectivity index (χ4n) is 2.01. The maximum Gasteiger partial charge on any atom is 0.145 e. The quantitative estimate of drug-likeness (QED) is 0.776. The molecule has 1 atom stereocenters. The SMILES string of the molecule is CCCNC(Cc1ccc(I)cc1)c1ncc(C)cn1.